The van der Waals surface area contributed by atoms with Crippen LogP contribution in [0.5, 0.6) is 0 Å². The number of hydrogen-bond acceptors (Lipinski definition) is 5. The lowest BCUT2D eigenvalue weighted by molar-refractivity contribution is -0.384. The van der Waals surface area contributed by atoms with Gasteiger partial charge in [-0.05, 0) is 49.0 Å². The summed E-state index contributed by atoms with van der Waals surface area (Å²) in [6.45, 7) is 1.62. The third-order valence-corrected chi connectivity index (χ3v) is 3.58. The summed E-state index contributed by atoms with van der Waals surface area (Å²) in [4.78, 5) is 33.2. The van der Waals surface area contributed by atoms with Crippen LogP contribution in [0.1, 0.15) is 26.3 Å². The monoisotopic (exact) mass is 359 g/mol. The Labute approximate surface area is 147 Å². The fourth-order valence-corrected chi connectivity index (χ4v) is 2.27. The van der Waals surface area contributed by atoms with Crippen LogP contribution in [0.4, 0.5) is 11.4 Å². The normalized spacial score (nSPS) is 9.96. The standard InChI is InChI=1S/C16H13N3O5S/c1-9-12(15(21)22)3-2-4-13(9)17-16(25)18-14(20)10-5-7-11(8-6-10)19(23)24/h2-8H,1H3,(H,21,22)(H2,17,18,20,25). The van der Waals surface area contributed by atoms with Gasteiger partial charge in [-0.2, -0.15) is 0 Å². The van der Waals surface area contributed by atoms with Crippen LogP contribution in [0, 0.1) is 17.0 Å². The van der Waals surface area contributed by atoms with E-state index in [0.29, 0.717) is 11.3 Å². The minimum atomic E-state index is -1.07. The van der Waals surface area contributed by atoms with Crippen LogP contribution >= 0.6 is 12.2 Å². The number of carboxylic acid groups (broad SMARTS) is 1. The van der Waals surface area contributed by atoms with Crippen molar-refractivity contribution < 1.29 is 19.6 Å². The van der Waals surface area contributed by atoms with E-state index >= 15 is 0 Å². The second kappa shape index (κ2) is 7.49. The summed E-state index contributed by atoms with van der Waals surface area (Å²) in [6.07, 6.45) is 0. The number of nitro groups is 1. The number of thiocarbonyl (C=S) groups is 1. The van der Waals surface area contributed by atoms with E-state index in [1.54, 1.807) is 19.1 Å². The van der Waals surface area contributed by atoms with Crippen molar-refractivity contribution in [3.05, 3.63) is 69.3 Å². The molecule has 0 aromatic heterocycles. The number of aromatic carboxylic acids is 1. The van der Waals surface area contributed by atoms with Gasteiger partial charge < -0.3 is 10.4 Å². The molecular weight excluding hydrogens is 346 g/mol. The van der Waals surface area contributed by atoms with Crippen molar-refractivity contribution in [3.63, 3.8) is 0 Å². The van der Waals surface area contributed by atoms with E-state index in [2.05, 4.69) is 10.6 Å². The minimum Gasteiger partial charge on any atom is -0.478 e. The molecule has 0 aliphatic carbocycles. The number of rotatable bonds is 4. The van der Waals surface area contributed by atoms with Gasteiger partial charge in [-0.25, -0.2) is 4.79 Å². The molecule has 0 fully saturated rings. The second-order valence-corrected chi connectivity index (χ2v) is 5.40. The fraction of sp³-hybridized carbons (Fsp3) is 0.0625. The molecule has 0 atom stereocenters. The summed E-state index contributed by atoms with van der Waals surface area (Å²) in [7, 11) is 0. The van der Waals surface area contributed by atoms with E-state index < -0.39 is 16.8 Å². The zero-order chi connectivity index (χ0) is 18.6. The third-order valence-electron chi connectivity index (χ3n) is 3.38. The summed E-state index contributed by atoms with van der Waals surface area (Å²) in [5.41, 5.74) is 1.12. The lowest BCUT2D eigenvalue weighted by atomic mass is 10.1. The molecule has 9 heteroatoms. The number of nitrogens with zero attached hydrogens (tertiary/aromatic N) is 1. The van der Waals surface area contributed by atoms with Gasteiger partial charge in [0.15, 0.2) is 5.11 Å². The van der Waals surface area contributed by atoms with Gasteiger partial charge >= 0.3 is 5.97 Å². The SMILES string of the molecule is Cc1c(NC(=S)NC(=O)c2ccc([N+](=O)[O-])cc2)cccc1C(=O)O. The Morgan fingerprint density at radius 1 is 1.16 bits per heavy atom. The Balaban J connectivity index is 2.07. The molecule has 2 aromatic rings. The van der Waals surface area contributed by atoms with Crippen LogP contribution in [0.25, 0.3) is 0 Å². The molecular formula is C16H13N3O5S. The van der Waals surface area contributed by atoms with E-state index in [-0.39, 0.29) is 21.9 Å². The molecule has 2 rings (SSSR count). The number of carboxylic acids is 1. The number of amides is 1. The highest BCUT2D eigenvalue weighted by molar-refractivity contribution is 7.80. The first kappa shape index (κ1) is 18.0. The summed E-state index contributed by atoms with van der Waals surface area (Å²) < 4.78 is 0. The summed E-state index contributed by atoms with van der Waals surface area (Å²) in [5.74, 6) is -1.61. The highest BCUT2D eigenvalue weighted by atomic mass is 32.1. The van der Waals surface area contributed by atoms with Gasteiger partial charge in [-0.1, -0.05) is 6.07 Å². The van der Waals surface area contributed by atoms with E-state index in [0.717, 1.165) is 0 Å². The van der Waals surface area contributed by atoms with Crippen LogP contribution in [0.3, 0.4) is 0 Å². The number of non-ortho nitro benzene ring substituents is 1. The zero-order valence-electron chi connectivity index (χ0n) is 13.0. The average Bonchev–Trinajstić information content (AvgIpc) is 2.56. The lowest BCUT2D eigenvalue weighted by Crippen LogP contribution is -2.34. The lowest BCUT2D eigenvalue weighted by Gasteiger charge is -2.13. The van der Waals surface area contributed by atoms with Crippen molar-refractivity contribution in [2.24, 2.45) is 0 Å². The van der Waals surface area contributed by atoms with Crippen molar-refractivity contribution in [1.29, 1.82) is 0 Å². The molecule has 25 heavy (non-hydrogen) atoms. The topological polar surface area (TPSA) is 122 Å². The van der Waals surface area contributed by atoms with Crippen LogP contribution in [0.2, 0.25) is 0 Å². The van der Waals surface area contributed by atoms with E-state index in [1.165, 1.54) is 30.3 Å². The van der Waals surface area contributed by atoms with Gasteiger partial charge in [0.2, 0.25) is 0 Å². The number of nitrogens with one attached hydrogen (secondary N) is 2. The second-order valence-electron chi connectivity index (χ2n) is 5.00. The van der Waals surface area contributed by atoms with Crippen molar-refractivity contribution in [3.8, 4) is 0 Å². The molecule has 128 valence electrons. The van der Waals surface area contributed by atoms with Gasteiger partial charge in [-0.3, -0.25) is 20.2 Å². The molecule has 0 saturated heterocycles. The van der Waals surface area contributed by atoms with Gasteiger partial charge in [-0.15, -0.1) is 0 Å². The molecule has 0 bridgehead atoms. The zero-order valence-corrected chi connectivity index (χ0v) is 13.8. The fourth-order valence-electron chi connectivity index (χ4n) is 2.07. The Morgan fingerprint density at radius 2 is 1.80 bits per heavy atom. The molecule has 0 aliphatic rings. The number of nitro benzene ring substituents is 1. The largest absolute Gasteiger partial charge is 0.478 e. The number of carbonyl (C=O) groups is 2. The molecule has 8 nitrogen and oxygen atoms in total. The first-order chi connectivity index (χ1) is 11.8. The van der Waals surface area contributed by atoms with E-state index in [9.17, 15) is 19.7 Å². The quantitative estimate of drug-likeness (QED) is 0.436. The Hall–Kier alpha value is -3.33. The summed E-state index contributed by atoms with van der Waals surface area (Å²) in [6, 6.07) is 9.70. The average molecular weight is 359 g/mol. The van der Waals surface area contributed by atoms with Crippen molar-refractivity contribution in [2.75, 3.05) is 5.32 Å². The highest BCUT2D eigenvalue weighted by Gasteiger charge is 2.13. The number of anilines is 1. The van der Waals surface area contributed by atoms with Crippen LogP contribution in [0.15, 0.2) is 42.5 Å². The molecule has 0 radical (unpaired) electrons. The first-order valence-electron chi connectivity index (χ1n) is 6.99. The minimum absolute atomic E-state index is 0.0195. The molecule has 0 aliphatic heterocycles. The van der Waals surface area contributed by atoms with Gasteiger partial charge in [0.05, 0.1) is 10.5 Å². The summed E-state index contributed by atoms with van der Waals surface area (Å²) >= 11 is 5.05. The molecule has 2 aromatic carbocycles. The van der Waals surface area contributed by atoms with Gasteiger partial charge in [0.25, 0.3) is 11.6 Å². The number of hydrogen-bond donors (Lipinski definition) is 3. The van der Waals surface area contributed by atoms with Crippen LogP contribution < -0.4 is 10.6 Å². The predicted octanol–water partition coefficient (Wildman–Crippen LogP) is 2.73. The molecule has 0 heterocycles. The molecule has 3 N–H and O–H groups in total. The summed E-state index contributed by atoms with van der Waals surface area (Å²) in [5, 5.41) is 24.9. The smallest absolute Gasteiger partial charge is 0.336 e. The Bertz CT molecular complexity index is 865. The van der Waals surface area contributed by atoms with Crippen LogP contribution in [-0.2, 0) is 0 Å². The van der Waals surface area contributed by atoms with Crippen molar-refractivity contribution in [2.45, 2.75) is 6.92 Å². The van der Waals surface area contributed by atoms with Crippen LogP contribution in [-0.4, -0.2) is 27.0 Å². The molecule has 0 saturated carbocycles. The van der Waals surface area contributed by atoms with Gasteiger partial charge in [0.1, 0.15) is 0 Å². The third kappa shape index (κ3) is 4.36. The van der Waals surface area contributed by atoms with Crippen molar-refractivity contribution >= 4 is 40.6 Å². The van der Waals surface area contributed by atoms with E-state index in [1.807, 2.05) is 0 Å². The maximum atomic E-state index is 12.1. The number of carbonyl (C=O) groups excluding carboxylic acids is 1. The highest BCUT2D eigenvalue weighted by Crippen LogP contribution is 2.19. The molecule has 0 unspecified atom stereocenters. The van der Waals surface area contributed by atoms with Crippen molar-refractivity contribution in [1.82, 2.24) is 5.32 Å². The molecule has 0 spiro atoms. The number of benzene rings is 2. The maximum absolute atomic E-state index is 12.1. The predicted molar refractivity (Wildman–Crippen MR) is 94.9 cm³/mol. The first-order valence-corrected chi connectivity index (χ1v) is 7.40. The maximum Gasteiger partial charge on any atom is 0.336 e. The van der Waals surface area contributed by atoms with E-state index in [4.69, 9.17) is 17.3 Å². The Kier molecular flexibility index (Phi) is 5.40. The van der Waals surface area contributed by atoms with Gasteiger partial charge in [0, 0.05) is 23.4 Å². The Morgan fingerprint density at radius 3 is 2.36 bits per heavy atom. The molecule has 1 amide bonds.